The number of nitrogens with zero attached hydrogens (tertiary/aromatic N) is 3. The van der Waals surface area contributed by atoms with E-state index in [-0.39, 0.29) is 13.2 Å². The van der Waals surface area contributed by atoms with Gasteiger partial charge in [0.15, 0.2) is 0 Å². The van der Waals surface area contributed by atoms with E-state index in [9.17, 15) is 0 Å². The van der Waals surface area contributed by atoms with Crippen LogP contribution in [0, 0.1) is 0 Å². The van der Waals surface area contributed by atoms with Crippen molar-refractivity contribution in [1.29, 1.82) is 0 Å². The van der Waals surface area contributed by atoms with Crippen molar-refractivity contribution in [2.45, 2.75) is 44.7 Å². The molecule has 0 aromatic heterocycles. The van der Waals surface area contributed by atoms with Gasteiger partial charge in [0.2, 0.25) is 0 Å². The first-order valence-electron chi connectivity index (χ1n) is 8.70. The predicted molar refractivity (Wildman–Crippen MR) is 85.5 cm³/mol. The van der Waals surface area contributed by atoms with Crippen LogP contribution in [0.25, 0.3) is 0 Å². The normalized spacial score (nSPS) is 24.0. The van der Waals surface area contributed by atoms with Gasteiger partial charge >= 0.3 is 0 Å². The van der Waals surface area contributed by atoms with E-state index in [1.165, 1.54) is 58.4 Å². The summed E-state index contributed by atoms with van der Waals surface area (Å²) in [5.74, 6) is 0. The van der Waals surface area contributed by atoms with Crippen LogP contribution in [0.5, 0.6) is 0 Å². The second-order valence-electron chi connectivity index (χ2n) is 6.42. The zero-order valence-electron chi connectivity index (χ0n) is 13.6. The molecule has 2 fully saturated rings. The average Bonchev–Trinajstić information content (AvgIpc) is 2.55. The Labute approximate surface area is 129 Å². The number of aliphatic hydroxyl groups excluding tert-OH is 2. The molecular weight excluding hydrogens is 266 g/mol. The van der Waals surface area contributed by atoms with Crippen molar-refractivity contribution in [2.24, 2.45) is 0 Å². The first kappa shape index (κ1) is 17.2. The summed E-state index contributed by atoms with van der Waals surface area (Å²) in [5, 5.41) is 18.3. The lowest BCUT2D eigenvalue weighted by molar-refractivity contribution is 0.0432. The van der Waals surface area contributed by atoms with Crippen LogP contribution < -0.4 is 0 Å². The fourth-order valence-corrected chi connectivity index (χ4v) is 3.95. The van der Waals surface area contributed by atoms with Gasteiger partial charge in [-0.25, -0.2) is 0 Å². The van der Waals surface area contributed by atoms with Crippen LogP contribution in [-0.2, 0) is 0 Å². The number of aliphatic hydroxyl groups is 2. The average molecular weight is 299 g/mol. The molecule has 5 heteroatoms. The molecule has 0 aliphatic carbocycles. The zero-order chi connectivity index (χ0) is 15.1. The molecule has 0 aromatic rings. The fraction of sp³-hybridized carbons (Fsp3) is 1.00. The largest absolute Gasteiger partial charge is 0.395 e. The topological polar surface area (TPSA) is 50.2 Å². The van der Waals surface area contributed by atoms with Crippen molar-refractivity contribution in [3.63, 3.8) is 0 Å². The minimum Gasteiger partial charge on any atom is -0.395 e. The van der Waals surface area contributed by atoms with Gasteiger partial charge in [0.1, 0.15) is 0 Å². The lowest BCUT2D eigenvalue weighted by atomic mass is 9.97. The Bertz CT molecular complexity index is 269. The molecule has 0 saturated carbocycles. The van der Waals surface area contributed by atoms with Crippen LogP contribution in [0.2, 0.25) is 0 Å². The maximum Gasteiger partial charge on any atom is 0.0558 e. The maximum absolute atomic E-state index is 9.16. The maximum atomic E-state index is 9.16. The molecule has 0 unspecified atom stereocenters. The summed E-state index contributed by atoms with van der Waals surface area (Å²) in [6, 6.07) is 1.31. The quantitative estimate of drug-likeness (QED) is 0.704. The molecule has 2 rings (SSSR count). The third kappa shape index (κ3) is 4.89. The van der Waals surface area contributed by atoms with E-state index < -0.39 is 0 Å². The number of piperidine rings is 2. The molecule has 0 amide bonds. The summed E-state index contributed by atoms with van der Waals surface area (Å²) >= 11 is 0. The van der Waals surface area contributed by atoms with E-state index in [1.807, 2.05) is 0 Å². The summed E-state index contributed by atoms with van der Waals surface area (Å²) < 4.78 is 0. The van der Waals surface area contributed by atoms with Gasteiger partial charge in [-0.15, -0.1) is 0 Å². The van der Waals surface area contributed by atoms with Gasteiger partial charge in [0.25, 0.3) is 0 Å². The Morgan fingerprint density at radius 3 is 1.95 bits per heavy atom. The summed E-state index contributed by atoms with van der Waals surface area (Å²) in [5.41, 5.74) is 0. The smallest absolute Gasteiger partial charge is 0.0558 e. The van der Waals surface area contributed by atoms with Crippen molar-refractivity contribution < 1.29 is 10.2 Å². The monoisotopic (exact) mass is 299 g/mol. The first-order chi connectivity index (χ1) is 10.3. The van der Waals surface area contributed by atoms with Gasteiger partial charge in [0, 0.05) is 25.2 Å². The molecule has 2 saturated heterocycles. The molecule has 0 spiro atoms. The molecule has 2 N–H and O–H groups in total. The summed E-state index contributed by atoms with van der Waals surface area (Å²) in [6.45, 7) is 10.1. The Hall–Kier alpha value is -0.200. The number of likely N-dealkylation sites (tertiary alicyclic amines) is 2. The molecule has 0 atom stereocenters. The molecule has 0 aromatic carbocycles. The van der Waals surface area contributed by atoms with Gasteiger partial charge in [-0.05, 0) is 58.4 Å². The molecule has 0 bridgehead atoms. The Morgan fingerprint density at radius 2 is 1.48 bits per heavy atom. The number of hydrogen-bond donors (Lipinski definition) is 2. The van der Waals surface area contributed by atoms with E-state index in [0.717, 1.165) is 6.04 Å². The van der Waals surface area contributed by atoms with E-state index in [2.05, 4.69) is 21.6 Å². The van der Waals surface area contributed by atoms with E-state index in [1.54, 1.807) is 0 Å². The second kappa shape index (κ2) is 9.06. The number of rotatable bonds is 7. The highest BCUT2D eigenvalue weighted by molar-refractivity contribution is 4.86. The van der Waals surface area contributed by atoms with Gasteiger partial charge in [-0.1, -0.05) is 6.92 Å². The second-order valence-corrected chi connectivity index (χ2v) is 6.42. The minimum absolute atomic E-state index is 0.190. The van der Waals surface area contributed by atoms with Crippen molar-refractivity contribution in [3.8, 4) is 0 Å². The lowest BCUT2D eigenvalue weighted by Crippen LogP contribution is -2.51. The van der Waals surface area contributed by atoms with Crippen LogP contribution >= 0.6 is 0 Å². The van der Waals surface area contributed by atoms with Gasteiger partial charge in [-0.3, -0.25) is 4.90 Å². The molecule has 5 nitrogen and oxygen atoms in total. The van der Waals surface area contributed by atoms with Crippen LogP contribution in [0.3, 0.4) is 0 Å². The van der Waals surface area contributed by atoms with Crippen LogP contribution in [0.4, 0.5) is 0 Å². The third-order valence-electron chi connectivity index (χ3n) is 5.31. The molecule has 2 aliphatic heterocycles. The number of hydrogen-bond acceptors (Lipinski definition) is 5. The first-order valence-corrected chi connectivity index (χ1v) is 8.70. The van der Waals surface area contributed by atoms with Gasteiger partial charge in [-0.2, -0.15) is 0 Å². The highest BCUT2D eigenvalue weighted by Crippen LogP contribution is 2.23. The van der Waals surface area contributed by atoms with Crippen LogP contribution in [0.15, 0.2) is 0 Å². The highest BCUT2D eigenvalue weighted by atomic mass is 16.3. The van der Waals surface area contributed by atoms with Gasteiger partial charge in [0.05, 0.1) is 13.2 Å². The Kier molecular flexibility index (Phi) is 7.40. The summed E-state index contributed by atoms with van der Waals surface area (Å²) in [7, 11) is 0. The van der Waals surface area contributed by atoms with Crippen LogP contribution in [0.1, 0.15) is 32.6 Å². The Morgan fingerprint density at radius 1 is 0.905 bits per heavy atom. The molecule has 0 radical (unpaired) electrons. The molecule has 2 heterocycles. The minimum atomic E-state index is 0.190. The van der Waals surface area contributed by atoms with E-state index in [4.69, 9.17) is 10.2 Å². The predicted octanol–water partition coefficient (Wildman–Crippen LogP) is 0.222. The molecular formula is C16H33N3O2. The zero-order valence-corrected chi connectivity index (χ0v) is 13.6. The lowest BCUT2D eigenvalue weighted by Gasteiger charge is -2.43. The summed E-state index contributed by atoms with van der Waals surface area (Å²) in [6.07, 6.45) is 4.98. The molecule has 124 valence electrons. The highest BCUT2D eigenvalue weighted by Gasteiger charge is 2.29. The van der Waals surface area contributed by atoms with Crippen molar-refractivity contribution >= 4 is 0 Å². The summed E-state index contributed by atoms with van der Waals surface area (Å²) in [4.78, 5) is 7.49. The fourth-order valence-electron chi connectivity index (χ4n) is 3.95. The SMILES string of the molecule is CCN1CCC(N2CCC(N(CCO)CCO)CC2)CC1. The Balaban J connectivity index is 1.74. The molecule has 2 aliphatic rings. The van der Waals surface area contributed by atoms with Crippen LogP contribution in [-0.4, -0.2) is 96.0 Å². The standard InChI is InChI=1S/C16H33N3O2/c1-2-17-7-3-15(4-8-17)18-9-5-16(6-10-18)19(11-13-20)12-14-21/h15-16,20-21H,2-14H2,1H3. The third-order valence-corrected chi connectivity index (χ3v) is 5.31. The van der Waals surface area contributed by atoms with E-state index >= 15 is 0 Å². The molecule has 21 heavy (non-hydrogen) atoms. The van der Waals surface area contributed by atoms with Crippen molar-refractivity contribution in [3.05, 3.63) is 0 Å². The van der Waals surface area contributed by atoms with Gasteiger partial charge < -0.3 is 20.0 Å². The van der Waals surface area contributed by atoms with Crippen molar-refractivity contribution in [2.75, 3.05) is 59.0 Å². The van der Waals surface area contributed by atoms with Crippen molar-refractivity contribution in [1.82, 2.24) is 14.7 Å². The van der Waals surface area contributed by atoms with E-state index in [0.29, 0.717) is 19.1 Å².